The molecule has 0 saturated heterocycles. The lowest BCUT2D eigenvalue weighted by Crippen LogP contribution is -2.40. The van der Waals surface area contributed by atoms with Crippen LogP contribution in [0.2, 0.25) is 0 Å². The second kappa shape index (κ2) is 7.02. The predicted octanol–water partition coefficient (Wildman–Crippen LogP) is 1.85. The van der Waals surface area contributed by atoms with E-state index in [9.17, 15) is 9.90 Å². The Bertz CT molecular complexity index is 981. The van der Waals surface area contributed by atoms with Gasteiger partial charge in [-0.3, -0.25) is 4.79 Å². The van der Waals surface area contributed by atoms with E-state index < -0.39 is 0 Å². The Morgan fingerprint density at radius 1 is 1.15 bits per heavy atom. The number of hydrogen-bond acceptors (Lipinski definition) is 8. The SMILES string of the molecule is CC(C)(C)NC(=O)c1ccc(NCc2cnc3nc(N)nc(O)c3n2)cc1. The van der Waals surface area contributed by atoms with Gasteiger partial charge in [0.25, 0.3) is 5.91 Å². The highest BCUT2D eigenvalue weighted by Crippen LogP contribution is 2.19. The number of aromatic hydroxyl groups is 1. The Hall–Kier alpha value is -3.49. The van der Waals surface area contributed by atoms with Crippen molar-refractivity contribution in [2.75, 3.05) is 11.1 Å². The second-order valence-corrected chi connectivity index (χ2v) is 7.07. The zero-order valence-electron chi connectivity index (χ0n) is 15.3. The van der Waals surface area contributed by atoms with Crippen LogP contribution in [0.3, 0.4) is 0 Å². The monoisotopic (exact) mass is 367 g/mol. The molecule has 0 atom stereocenters. The zero-order valence-corrected chi connectivity index (χ0v) is 15.3. The predicted molar refractivity (Wildman–Crippen MR) is 102 cm³/mol. The number of amides is 1. The van der Waals surface area contributed by atoms with Crippen LogP contribution in [0.15, 0.2) is 30.5 Å². The molecule has 3 rings (SSSR count). The van der Waals surface area contributed by atoms with Crippen molar-refractivity contribution in [2.24, 2.45) is 0 Å². The maximum absolute atomic E-state index is 12.1. The van der Waals surface area contributed by atoms with E-state index >= 15 is 0 Å². The lowest BCUT2D eigenvalue weighted by atomic mass is 10.1. The van der Waals surface area contributed by atoms with Crippen molar-refractivity contribution < 1.29 is 9.90 Å². The molecule has 5 N–H and O–H groups in total. The smallest absolute Gasteiger partial charge is 0.251 e. The largest absolute Gasteiger partial charge is 0.492 e. The van der Waals surface area contributed by atoms with Gasteiger partial charge in [-0.05, 0) is 45.0 Å². The average Bonchev–Trinajstić information content (AvgIpc) is 2.59. The topological polar surface area (TPSA) is 139 Å². The molecule has 2 heterocycles. The molecule has 2 aromatic heterocycles. The summed E-state index contributed by atoms with van der Waals surface area (Å²) in [4.78, 5) is 28.2. The van der Waals surface area contributed by atoms with E-state index in [2.05, 4.69) is 30.6 Å². The van der Waals surface area contributed by atoms with Crippen molar-refractivity contribution in [3.05, 3.63) is 41.7 Å². The second-order valence-electron chi connectivity index (χ2n) is 7.07. The fraction of sp³-hybridized carbons (Fsp3) is 0.278. The Kier molecular flexibility index (Phi) is 4.76. The summed E-state index contributed by atoms with van der Waals surface area (Å²) in [5.41, 5.74) is 7.61. The van der Waals surface area contributed by atoms with Crippen LogP contribution in [0.1, 0.15) is 36.8 Å². The zero-order chi connectivity index (χ0) is 19.6. The molecular formula is C18H21N7O2. The summed E-state index contributed by atoms with van der Waals surface area (Å²) < 4.78 is 0. The van der Waals surface area contributed by atoms with Crippen LogP contribution in [0.5, 0.6) is 5.88 Å². The van der Waals surface area contributed by atoms with Gasteiger partial charge in [0.1, 0.15) is 0 Å². The van der Waals surface area contributed by atoms with Gasteiger partial charge in [0, 0.05) is 16.8 Å². The molecule has 140 valence electrons. The highest BCUT2D eigenvalue weighted by Gasteiger charge is 2.15. The van der Waals surface area contributed by atoms with E-state index in [1.54, 1.807) is 18.3 Å². The first-order valence-electron chi connectivity index (χ1n) is 8.36. The summed E-state index contributed by atoms with van der Waals surface area (Å²) in [6.45, 7) is 6.17. The molecule has 9 nitrogen and oxygen atoms in total. The number of aromatic nitrogens is 4. The number of carbonyl (C=O) groups excluding carboxylic acids is 1. The number of nitrogens with two attached hydrogens (primary N) is 1. The molecule has 0 bridgehead atoms. The van der Waals surface area contributed by atoms with Crippen molar-refractivity contribution >= 4 is 28.7 Å². The van der Waals surface area contributed by atoms with E-state index in [-0.39, 0.29) is 34.4 Å². The number of anilines is 2. The van der Waals surface area contributed by atoms with E-state index in [4.69, 9.17) is 5.73 Å². The van der Waals surface area contributed by atoms with Crippen LogP contribution in [0.25, 0.3) is 11.2 Å². The Balaban J connectivity index is 1.68. The molecule has 0 aliphatic heterocycles. The quantitative estimate of drug-likeness (QED) is 0.548. The number of nitrogen functional groups attached to an aromatic ring is 1. The summed E-state index contributed by atoms with van der Waals surface area (Å²) in [5.74, 6) is -0.485. The summed E-state index contributed by atoms with van der Waals surface area (Å²) in [7, 11) is 0. The molecule has 1 amide bonds. The van der Waals surface area contributed by atoms with Crippen molar-refractivity contribution in [1.29, 1.82) is 0 Å². The van der Waals surface area contributed by atoms with Gasteiger partial charge in [-0.25, -0.2) is 9.97 Å². The minimum Gasteiger partial charge on any atom is -0.492 e. The fourth-order valence-corrected chi connectivity index (χ4v) is 2.38. The molecular weight excluding hydrogens is 346 g/mol. The average molecular weight is 367 g/mol. The third-order valence-corrected chi connectivity index (χ3v) is 3.57. The highest BCUT2D eigenvalue weighted by molar-refractivity contribution is 5.94. The minimum absolute atomic E-state index is 0.0595. The molecule has 3 aromatic rings. The van der Waals surface area contributed by atoms with Crippen molar-refractivity contribution in [3.63, 3.8) is 0 Å². The molecule has 1 aromatic carbocycles. The number of carbonyl (C=O) groups is 1. The maximum Gasteiger partial charge on any atom is 0.251 e. The number of nitrogens with one attached hydrogen (secondary N) is 2. The summed E-state index contributed by atoms with van der Waals surface area (Å²) >= 11 is 0. The number of rotatable bonds is 4. The van der Waals surface area contributed by atoms with Gasteiger partial charge in [-0.2, -0.15) is 9.97 Å². The Labute approximate surface area is 156 Å². The Morgan fingerprint density at radius 3 is 2.52 bits per heavy atom. The fourth-order valence-electron chi connectivity index (χ4n) is 2.38. The molecule has 0 aliphatic carbocycles. The number of nitrogens with zero attached hydrogens (tertiary/aromatic N) is 4. The summed E-state index contributed by atoms with van der Waals surface area (Å²) in [6, 6.07) is 7.12. The van der Waals surface area contributed by atoms with E-state index in [1.165, 1.54) is 0 Å². The first kappa shape index (κ1) is 18.3. The van der Waals surface area contributed by atoms with Gasteiger partial charge >= 0.3 is 0 Å². The molecule has 0 fully saturated rings. The van der Waals surface area contributed by atoms with E-state index in [0.717, 1.165) is 5.69 Å². The standard InChI is InChI=1S/C18H21N7O2/c1-18(2,3)25-15(26)10-4-6-11(7-5-10)20-8-12-9-21-14-13(22-12)16(27)24-17(19)23-14/h4-7,9,20H,8H2,1-3H3,(H,25,26)(H3,19,21,23,24,27). The molecule has 9 heteroatoms. The molecule has 0 saturated carbocycles. The van der Waals surface area contributed by atoms with Gasteiger partial charge in [-0.15, -0.1) is 0 Å². The van der Waals surface area contributed by atoms with Crippen LogP contribution >= 0.6 is 0 Å². The molecule has 0 spiro atoms. The maximum atomic E-state index is 12.1. The van der Waals surface area contributed by atoms with Crippen molar-refractivity contribution in [3.8, 4) is 5.88 Å². The highest BCUT2D eigenvalue weighted by atomic mass is 16.3. The third kappa shape index (κ3) is 4.57. The van der Waals surface area contributed by atoms with Crippen LogP contribution in [0.4, 0.5) is 11.6 Å². The van der Waals surface area contributed by atoms with Crippen molar-refractivity contribution in [1.82, 2.24) is 25.3 Å². The van der Waals surface area contributed by atoms with Crippen LogP contribution < -0.4 is 16.4 Å². The van der Waals surface area contributed by atoms with Gasteiger partial charge in [0.05, 0.1) is 18.4 Å². The van der Waals surface area contributed by atoms with Gasteiger partial charge in [-0.1, -0.05) is 0 Å². The number of hydrogen-bond donors (Lipinski definition) is 4. The number of benzene rings is 1. The lowest BCUT2D eigenvalue weighted by molar-refractivity contribution is 0.0919. The molecule has 27 heavy (non-hydrogen) atoms. The molecule has 0 unspecified atom stereocenters. The molecule has 0 aliphatic rings. The first-order chi connectivity index (χ1) is 12.7. The summed E-state index contributed by atoms with van der Waals surface area (Å²) in [5, 5.41) is 15.9. The van der Waals surface area contributed by atoms with Gasteiger partial charge < -0.3 is 21.5 Å². The Morgan fingerprint density at radius 2 is 1.85 bits per heavy atom. The van der Waals surface area contributed by atoms with Gasteiger partial charge in [0.15, 0.2) is 11.2 Å². The van der Waals surface area contributed by atoms with Crippen LogP contribution in [-0.4, -0.2) is 36.5 Å². The lowest BCUT2D eigenvalue weighted by Gasteiger charge is -2.20. The van der Waals surface area contributed by atoms with E-state index in [1.807, 2.05) is 32.9 Å². The summed E-state index contributed by atoms with van der Waals surface area (Å²) in [6.07, 6.45) is 1.55. The van der Waals surface area contributed by atoms with Crippen molar-refractivity contribution in [2.45, 2.75) is 32.9 Å². The van der Waals surface area contributed by atoms with E-state index in [0.29, 0.717) is 17.8 Å². The van der Waals surface area contributed by atoms with Gasteiger partial charge in [0.2, 0.25) is 11.8 Å². The minimum atomic E-state index is -0.305. The van der Waals surface area contributed by atoms with Crippen LogP contribution in [-0.2, 0) is 6.54 Å². The normalized spacial score (nSPS) is 11.4. The third-order valence-electron chi connectivity index (χ3n) is 3.57. The molecule has 0 radical (unpaired) electrons. The first-order valence-corrected chi connectivity index (χ1v) is 8.36. The van der Waals surface area contributed by atoms with Crippen LogP contribution in [0, 0.1) is 0 Å². The number of fused-ring (bicyclic) bond motifs is 1.